The Hall–Kier alpha value is -3.28. The third-order valence-electron chi connectivity index (χ3n) is 4.76. The molecular weight excluding hydrogens is 368 g/mol. The fourth-order valence-corrected chi connectivity index (χ4v) is 3.26. The molecule has 1 N–H and O–H groups in total. The largest absolute Gasteiger partial charge is 0.490 e. The lowest BCUT2D eigenvalue weighted by Gasteiger charge is -2.19. The van der Waals surface area contributed by atoms with E-state index in [0.29, 0.717) is 36.8 Å². The van der Waals surface area contributed by atoms with Crippen molar-refractivity contribution in [3.63, 3.8) is 0 Å². The van der Waals surface area contributed by atoms with Gasteiger partial charge in [-0.2, -0.15) is 0 Å². The summed E-state index contributed by atoms with van der Waals surface area (Å²) in [6.07, 6.45) is 1.83. The topological polar surface area (TPSA) is 67.9 Å². The predicted octanol–water partition coefficient (Wildman–Crippen LogP) is 3.83. The van der Waals surface area contributed by atoms with E-state index in [4.69, 9.17) is 9.47 Å². The maximum Gasteiger partial charge on any atom is 0.260 e. The number of hydrogen-bond donors (Lipinski definition) is 1. The molecule has 0 aliphatic carbocycles. The van der Waals surface area contributed by atoms with E-state index in [0.717, 1.165) is 16.8 Å². The van der Waals surface area contributed by atoms with Crippen molar-refractivity contribution >= 4 is 29.2 Å². The summed E-state index contributed by atoms with van der Waals surface area (Å²) in [7, 11) is 0. The minimum atomic E-state index is -0.130. The summed E-state index contributed by atoms with van der Waals surface area (Å²) in [6.45, 7) is 7.47. The summed E-state index contributed by atoms with van der Waals surface area (Å²) in [5.74, 6) is 0.851. The molecule has 0 radical (unpaired) electrons. The lowest BCUT2D eigenvalue weighted by Crippen LogP contribution is -2.34. The smallest absolute Gasteiger partial charge is 0.260 e. The van der Waals surface area contributed by atoms with Gasteiger partial charge in [0.1, 0.15) is 0 Å². The van der Waals surface area contributed by atoms with E-state index in [1.54, 1.807) is 11.0 Å². The summed E-state index contributed by atoms with van der Waals surface area (Å²) >= 11 is 0. The second kappa shape index (κ2) is 9.28. The van der Waals surface area contributed by atoms with E-state index in [2.05, 4.69) is 5.32 Å². The van der Waals surface area contributed by atoms with Crippen molar-refractivity contribution in [3.05, 3.63) is 53.6 Å². The van der Waals surface area contributed by atoms with E-state index in [-0.39, 0.29) is 18.4 Å². The molecule has 1 aliphatic heterocycles. The van der Waals surface area contributed by atoms with Crippen molar-refractivity contribution in [3.8, 4) is 11.5 Å². The Morgan fingerprint density at radius 3 is 2.52 bits per heavy atom. The molecular formula is C23H26N2O4. The van der Waals surface area contributed by atoms with Crippen LogP contribution in [0.25, 0.3) is 11.6 Å². The number of ether oxygens (including phenoxy) is 2. The Balaban J connectivity index is 1.83. The van der Waals surface area contributed by atoms with Gasteiger partial charge in [0.2, 0.25) is 0 Å². The Morgan fingerprint density at radius 1 is 1.03 bits per heavy atom. The molecule has 1 heterocycles. The summed E-state index contributed by atoms with van der Waals surface area (Å²) < 4.78 is 11.4. The Bertz CT molecular complexity index is 932. The van der Waals surface area contributed by atoms with Crippen molar-refractivity contribution in [1.82, 2.24) is 4.90 Å². The lowest BCUT2D eigenvalue weighted by molar-refractivity contribution is -0.133. The third kappa shape index (κ3) is 4.59. The molecule has 152 valence electrons. The number of hydrogen-bond acceptors (Lipinski definition) is 4. The SMILES string of the molecule is CCOc1cc(/C=C2/C(=O)Nc3ccccc32)ccc1OCC(=O)N(CC)CC. The van der Waals surface area contributed by atoms with Crippen LogP contribution >= 0.6 is 0 Å². The van der Waals surface area contributed by atoms with Gasteiger partial charge in [0.05, 0.1) is 6.61 Å². The van der Waals surface area contributed by atoms with Gasteiger partial charge in [0, 0.05) is 29.9 Å². The average Bonchev–Trinajstić information content (AvgIpc) is 3.04. The fraction of sp³-hybridized carbons (Fsp3) is 0.304. The van der Waals surface area contributed by atoms with Gasteiger partial charge >= 0.3 is 0 Å². The normalized spacial score (nSPS) is 13.8. The van der Waals surface area contributed by atoms with E-state index in [1.807, 2.05) is 63.2 Å². The van der Waals surface area contributed by atoms with Gasteiger partial charge in [-0.1, -0.05) is 24.3 Å². The standard InChI is InChI=1S/C23H26N2O4/c1-4-25(5-2)22(26)15-29-20-12-11-16(14-21(20)28-6-3)13-18-17-9-7-8-10-19(17)24-23(18)27/h7-14H,4-6,15H2,1-3H3,(H,24,27)/b18-13+. The van der Waals surface area contributed by atoms with Gasteiger partial charge in [-0.05, 0) is 50.6 Å². The van der Waals surface area contributed by atoms with Gasteiger partial charge in [0.25, 0.3) is 11.8 Å². The molecule has 0 saturated heterocycles. The first-order valence-electron chi connectivity index (χ1n) is 9.87. The molecule has 1 aliphatic rings. The van der Waals surface area contributed by atoms with E-state index >= 15 is 0 Å². The second-order valence-corrected chi connectivity index (χ2v) is 6.55. The predicted molar refractivity (Wildman–Crippen MR) is 114 cm³/mol. The van der Waals surface area contributed by atoms with Crippen LogP contribution in [-0.2, 0) is 9.59 Å². The monoisotopic (exact) mass is 394 g/mol. The first-order valence-corrected chi connectivity index (χ1v) is 9.87. The number of anilines is 1. The van der Waals surface area contributed by atoms with E-state index in [9.17, 15) is 9.59 Å². The van der Waals surface area contributed by atoms with Crippen LogP contribution < -0.4 is 14.8 Å². The molecule has 2 aromatic carbocycles. The van der Waals surface area contributed by atoms with Gasteiger partial charge in [-0.25, -0.2) is 0 Å². The fourth-order valence-electron chi connectivity index (χ4n) is 3.26. The maximum absolute atomic E-state index is 12.3. The minimum absolute atomic E-state index is 0.0437. The van der Waals surface area contributed by atoms with Crippen LogP contribution in [0.3, 0.4) is 0 Å². The maximum atomic E-state index is 12.3. The molecule has 6 heteroatoms. The minimum Gasteiger partial charge on any atom is -0.490 e. The Morgan fingerprint density at radius 2 is 1.79 bits per heavy atom. The Labute approximate surface area is 171 Å². The molecule has 0 unspecified atom stereocenters. The summed E-state index contributed by atoms with van der Waals surface area (Å²) in [5.41, 5.74) is 3.11. The number of nitrogens with one attached hydrogen (secondary N) is 1. The highest BCUT2D eigenvalue weighted by Gasteiger charge is 2.23. The van der Waals surface area contributed by atoms with Crippen LogP contribution in [0, 0.1) is 0 Å². The van der Waals surface area contributed by atoms with Crippen molar-refractivity contribution < 1.29 is 19.1 Å². The van der Waals surface area contributed by atoms with Crippen molar-refractivity contribution in [2.24, 2.45) is 0 Å². The van der Waals surface area contributed by atoms with Crippen molar-refractivity contribution in [2.45, 2.75) is 20.8 Å². The number of likely N-dealkylation sites (N-methyl/N-ethyl adjacent to an activating group) is 1. The number of benzene rings is 2. The molecule has 2 aromatic rings. The summed E-state index contributed by atoms with van der Waals surface area (Å²) in [4.78, 5) is 26.3. The molecule has 3 rings (SSSR count). The number of fused-ring (bicyclic) bond motifs is 1. The van der Waals surface area contributed by atoms with Crippen LogP contribution in [0.5, 0.6) is 11.5 Å². The molecule has 0 bridgehead atoms. The number of carbonyl (C=O) groups excluding carboxylic acids is 2. The summed E-state index contributed by atoms with van der Waals surface area (Å²) in [6, 6.07) is 13.0. The Kier molecular flexibility index (Phi) is 6.54. The first kappa shape index (κ1) is 20.5. The van der Waals surface area contributed by atoms with Crippen LogP contribution in [-0.4, -0.2) is 43.0 Å². The summed E-state index contributed by atoms with van der Waals surface area (Å²) in [5, 5.41) is 2.87. The number of rotatable bonds is 8. The second-order valence-electron chi connectivity index (χ2n) is 6.55. The molecule has 6 nitrogen and oxygen atoms in total. The van der Waals surface area contributed by atoms with E-state index in [1.165, 1.54) is 0 Å². The zero-order chi connectivity index (χ0) is 20.8. The molecule has 0 spiro atoms. The van der Waals surface area contributed by atoms with Gasteiger partial charge in [-0.3, -0.25) is 9.59 Å². The van der Waals surface area contributed by atoms with Crippen LogP contribution in [0.1, 0.15) is 31.9 Å². The number of para-hydroxylation sites is 1. The van der Waals surface area contributed by atoms with Crippen LogP contribution in [0.2, 0.25) is 0 Å². The molecule has 0 fully saturated rings. The molecule has 0 saturated carbocycles. The van der Waals surface area contributed by atoms with Crippen LogP contribution in [0.15, 0.2) is 42.5 Å². The third-order valence-corrected chi connectivity index (χ3v) is 4.76. The molecule has 2 amide bonds. The van der Waals surface area contributed by atoms with Gasteiger partial charge in [-0.15, -0.1) is 0 Å². The molecule has 0 atom stereocenters. The molecule has 29 heavy (non-hydrogen) atoms. The zero-order valence-electron chi connectivity index (χ0n) is 17.0. The van der Waals surface area contributed by atoms with Gasteiger partial charge < -0.3 is 19.7 Å². The van der Waals surface area contributed by atoms with Crippen LogP contribution in [0.4, 0.5) is 5.69 Å². The highest BCUT2D eigenvalue weighted by Crippen LogP contribution is 2.35. The highest BCUT2D eigenvalue weighted by molar-refractivity contribution is 6.34. The lowest BCUT2D eigenvalue weighted by atomic mass is 10.0. The molecule has 0 aromatic heterocycles. The van der Waals surface area contributed by atoms with Gasteiger partial charge in [0.15, 0.2) is 18.1 Å². The van der Waals surface area contributed by atoms with E-state index < -0.39 is 0 Å². The number of carbonyl (C=O) groups is 2. The van der Waals surface area contributed by atoms with Crippen molar-refractivity contribution in [2.75, 3.05) is 31.6 Å². The van der Waals surface area contributed by atoms with Crippen molar-refractivity contribution in [1.29, 1.82) is 0 Å². The quantitative estimate of drug-likeness (QED) is 0.691. The average molecular weight is 394 g/mol. The first-order chi connectivity index (χ1) is 14.1. The number of amides is 2. The number of nitrogens with zero attached hydrogens (tertiary/aromatic N) is 1. The zero-order valence-corrected chi connectivity index (χ0v) is 17.0. The highest BCUT2D eigenvalue weighted by atomic mass is 16.5.